The third kappa shape index (κ3) is 6.14. The Balaban J connectivity index is 1.28. The predicted molar refractivity (Wildman–Crippen MR) is 159 cm³/mol. The Morgan fingerprint density at radius 1 is 0.860 bits per heavy atom. The van der Waals surface area contributed by atoms with Gasteiger partial charge in [0, 0.05) is 42.3 Å². The molecule has 3 amide bonds. The highest BCUT2D eigenvalue weighted by Gasteiger charge is 2.21. The molecule has 10 nitrogen and oxygen atoms in total. The Bertz CT molecular complexity index is 1810. The number of nitrogens with one attached hydrogen (secondary N) is 3. The van der Waals surface area contributed by atoms with Crippen LogP contribution in [0.25, 0.3) is 33.6 Å². The van der Waals surface area contributed by atoms with Crippen molar-refractivity contribution in [1.29, 1.82) is 0 Å². The van der Waals surface area contributed by atoms with E-state index in [0.717, 1.165) is 0 Å². The van der Waals surface area contributed by atoms with Crippen molar-refractivity contribution >= 4 is 45.7 Å². The van der Waals surface area contributed by atoms with Crippen molar-refractivity contribution in [3.63, 3.8) is 0 Å². The second-order valence-corrected chi connectivity index (χ2v) is 9.83. The van der Waals surface area contributed by atoms with E-state index in [1.165, 1.54) is 31.4 Å². The molecule has 0 saturated carbocycles. The Kier molecular flexibility index (Phi) is 7.67. The number of hydrogen-bond donors (Lipinski definition) is 3. The highest BCUT2D eigenvalue weighted by molar-refractivity contribution is 6.00. The van der Waals surface area contributed by atoms with E-state index in [4.69, 9.17) is 14.1 Å². The second-order valence-electron chi connectivity index (χ2n) is 9.83. The molecule has 6 rings (SSSR count). The number of urea groups is 1. The fraction of sp³-hybridized carbons (Fsp3) is 0.161. The largest absolute Gasteiger partial charge is 0.464 e. The lowest BCUT2D eigenvalue weighted by Gasteiger charge is -2.29. The maximum Gasteiger partial charge on any atom is 0.323 e. The molecule has 0 unspecified atom stereocenters. The molecule has 0 aliphatic carbocycles. The summed E-state index contributed by atoms with van der Waals surface area (Å²) >= 11 is 0. The zero-order valence-electron chi connectivity index (χ0n) is 23.0. The van der Waals surface area contributed by atoms with Gasteiger partial charge in [0.25, 0.3) is 0 Å². The van der Waals surface area contributed by atoms with Gasteiger partial charge in [-0.3, -0.25) is 4.79 Å². The number of aromatic nitrogens is 2. The van der Waals surface area contributed by atoms with Crippen LogP contribution in [-0.4, -0.2) is 48.2 Å². The smallest absolute Gasteiger partial charge is 0.323 e. The van der Waals surface area contributed by atoms with E-state index in [2.05, 4.69) is 20.9 Å². The summed E-state index contributed by atoms with van der Waals surface area (Å²) in [5.74, 6) is -0.274. The van der Waals surface area contributed by atoms with Crippen LogP contribution >= 0.6 is 0 Å². The van der Waals surface area contributed by atoms with Crippen LogP contribution < -0.4 is 20.9 Å². The van der Waals surface area contributed by atoms with Gasteiger partial charge in [-0.25, -0.2) is 23.5 Å². The number of nitrogens with zero attached hydrogens (tertiary/aromatic N) is 3. The molecule has 12 heteroatoms. The monoisotopic (exact) mass is 584 g/mol. The molecule has 2 aromatic heterocycles. The lowest BCUT2D eigenvalue weighted by Crippen LogP contribution is -2.37. The van der Waals surface area contributed by atoms with E-state index in [1.807, 2.05) is 4.90 Å². The van der Waals surface area contributed by atoms with Gasteiger partial charge in [-0.05, 0) is 66.7 Å². The van der Waals surface area contributed by atoms with Crippen molar-refractivity contribution in [3.8, 4) is 22.7 Å². The van der Waals surface area contributed by atoms with E-state index in [0.29, 0.717) is 65.7 Å². The van der Waals surface area contributed by atoms with Crippen molar-refractivity contribution in [2.24, 2.45) is 0 Å². The average molecular weight is 585 g/mol. The lowest BCUT2D eigenvalue weighted by atomic mass is 10.1. The summed E-state index contributed by atoms with van der Waals surface area (Å²) in [5.41, 5.74) is 2.07. The maximum absolute atomic E-state index is 15.3. The average Bonchev–Trinajstić information content (AvgIpc) is 3.53. The van der Waals surface area contributed by atoms with Crippen LogP contribution in [-0.2, 0) is 9.53 Å². The molecule has 0 spiro atoms. The van der Waals surface area contributed by atoms with Crippen molar-refractivity contribution in [2.45, 2.75) is 6.92 Å². The van der Waals surface area contributed by atoms with E-state index in [-0.39, 0.29) is 23.0 Å². The van der Waals surface area contributed by atoms with Crippen molar-refractivity contribution in [2.75, 3.05) is 47.2 Å². The Morgan fingerprint density at radius 2 is 1.60 bits per heavy atom. The zero-order valence-corrected chi connectivity index (χ0v) is 23.0. The molecule has 3 aromatic carbocycles. The molecular formula is C31H26F2N6O4. The fourth-order valence-corrected chi connectivity index (χ4v) is 4.78. The standard InChI is InChI=1S/C31H26F2N6O4/c1-18(40)34-20-5-7-21(8-6-20)35-31(41)37-26-9-4-19(15-25(26)33)29-36-27-17-22(28-3-2-12-43-28)24(32)16-23(27)30(38-29)39-10-13-42-14-11-39/h2-9,12,15-17H,10-11,13-14H2,1H3,(H,34,40)(H2,35,37,41). The second kappa shape index (κ2) is 11.9. The first-order valence-electron chi connectivity index (χ1n) is 13.5. The summed E-state index contributed by atoms with van der Waals surface area (Å²) in [7, 11) is 0. The minimum atomic E-state index is -0.694. The van der Waals surface area contributed by atoms with Gasteiger partial charge >= 0.3 is 6.03 Å². The number of benzene rings is 3. The highest BCUT2D eigenvalue weighted by atomic mass is 19.1. The molecule has 1 aliphatic rings. The topological polar surface area (TPSA) is 122 Å². The van der Waals surface area contributed by atoms with Crippen LogP contribution in [0.15, 0.2) is 77.4 Å². The van der Waals surface area contributed by atoms with Gasteiger partial charge in [0.05, 0.1) is 36.2 Å². The molecule has 5 aromatic rings. The maximum atomic E-state index is 15.3. The summed E-state index contributed by atoms with van der Waals surface area (Å²) in [6, 6.07) is 16.4. The molecule has 3 N–H and O–H groups in total. The number of carbonyl (C=O) groups is 2. The molecule has 1 saturated heterocycles. The summed E-state index contributed by atoms with van der Waals surface area (Å²) in [6.07, 6.45) is 1.46. The van der Waals surface area contributed by atoms with Crippen LogP contribution in [0.5, 0.6) is 0 Å². The molecular weight excluding hydrogens is 558 g/mol. The highest BCUT2D eigenvalue weighted by Crippen LogP contribution is 2.34. The third-order valence-electron chi connectivity index (χ3n) is 6.80. The van der Waals surface area contributed by atoms with Crippen LogP contribution in [0.3, 0.4) is 0 Å². The summed E-state index contributed by atoms with van der Waals surface area (Å²) < 4.78 is 41.3. The molecule has 1 aliphatic heterocycles. The molecule has 0 bridgehead atoms. The van der Waals surface area contributed by atoms with Gasteiger partial charge in [-0.2, -0.15) is 0 Å². The Morgan fingerprint density at radius 3 is 2.28 bits per heavy atom. The lowest BCUT2D eigenvalue weighted by molar-refractivity contribution is -0.114. The molecule has 43 heavy (non-hydrogen) atoms. The number of anilines is 4. The molecule has 3 heterocycles. The molecule has 0 atom stereocenters. The van der Waals surface area contributed by atoms with Gasteiger partial charge in [0.1, 0.15) is 23.2 Å². The quantitative estimate of drug-likeness (QED) is 0.215. The van der Waals surface area contributed by atoms with Crippen LogP contribution in [0.2, 0.25) is 0 Å². The number of morpholine rings is 1. The number of furan rings is 1. The number of hydrogen-bond acceptors (Lipinski definition) is 7. The van der Waals surface area contributed by atoms with Gasteiger partial charge in [0.2, 0.25) is 5.91 Å². The third-order valence-corrected chi connectivity index (χ3v) is 6.80. The summed E-state index contributed by atoms with van der Waals surface area (Å²) in [4.78, 5) is 35.1. The number of rotatable bonds is 6. The summed E-state index contributed by atoms with van der Waals surface area (Å²) in [6.45, 7) is 3.48. The number of amides is 3. The predicted octanol–water partition coefficient (Wildman–Crippen LogP) is 6.27. The number of ether oxygens (including phenoxy) is 1. The first-order chi connectivity index (χ1) is 20.8. The van der Waals surface area contributed by atoms with E-state index >= 15 is 8.78 Å². The van der Waals surface area contributed by atoms with Crippen molar-refractivity contribution in [3.05, 3.63) is 84.6 Å². The Labute approximate surface area is 244 Å². The van der Waals surface area contributed by atoms with Gasteiger partial charge in [0.15, 0.2) is 5.82 Å². The normalized spacial score (nSPS) is 13.1. The number of halogens is 2. The summed E-state index contributed by atoms with van der Waals surface area (Å²) in [5, 5.41) is 8.27. The fourth-order valence-electron chi connectivity index (χ4n) is 4.78. The Hall–Kier alpha value is -5.36. The minimum absolute atomic E-state index is 0.0486. The first-order valence-corrected chi connectivity index (χ1v) is 13.5. The van der Waals surface area contributed by atoms with E-state index < -0.39 is 17.7 Å². The van der Waals surface area contributed by atoms with Crippen LogP contribution in [0, 0.1) is 11.6 Å². The minimum Gasteiger partial charge on any atom is -0.464 e. The van der Waals surface area contributed by atoms with E-state index in [9.17, 15) is 9.59 Å². The molecule has 218 valence electrons. The number of carbonyl (C=O) groups excluding carboxylic acids is 2. The first kappa shape index (κ1) is 27.8. The SMILES string of the molecule is CC(=O)Nc1ccc(NC(=O)Nc2ccc(-c3nc(N4CCOCC4)c4cc(F)c(-c5ccco5)cc4n3)cc2F)cc1. The van der Waals surface area contributed by atoms with Crippen LogP contribution in [0.1, 0.15) is 6.92 Å². The van der Waals surface area contributed by atoms with Crippen LogP contribution in [0.4, 0.5) is 36.5 Å². The molecule has 1 fully saturated rings. The van der Waals surface area contributed by atoms with E-state index in [1.54, 1.807) is 48.5 Å². The molecule has 0 radical (unpaired) electrons. The van der Waals surface area contributed by atoms with Crippen molar-refractivity contribution in [1.82, 2.24) is 9.97 Å². The van der Waals surface area contributed by atoms with Crippen molar-refractivity contribution < 1.29 is 27.5 Å². The van der Waals surface area contributed by atoms with Gasteiger partial charge in [-0.1, -0.05) is 0 Å². The number of fused-ring (bicyclic) bond motifs is 1. The van der Waals surface area contributed by atoms with Gasteiger partial charge in [-0.15, -0.1) is 0 Å². The van der Waals surface area contributed by atoms with Gasteiger partial charge < -0.3 is 30.0 Å². The zero-order chi connectivity index (χ0) is 29.9.